The van der Waals surface area contributed by atoms with Crippen LogP contribution in [0, 0.1) is 5.92 Å². The Morgan fingerprint density at radius 2 is 2.03 bits per heavy atom. The van der Waals surface area contributed by atoms with Gasteiger partial charge < -0.3 is 25.5 Å². The quantitative estimate of drug-likeness (QED) is 0.357. The van der Waals surface area contributed by atoms with Crippen LogP contribution in [0.5, 0.6) is 5.88 Å². The molecule has 2 saturated carbocycles. The number of hydrogen-bond donors (Lipinski definition) is 3. The van der Waals surface area contributed by atoms with Crippen molar-refractivity contribution in [2.75, 3.05) is 23.5 Å². The summed E-state index contributed by atoms with van der Waals surface area (Å²) >= 11 is 0. The Morgan fingerprint density at radius 3 is 2.86 bits per heavy atom. The van der Waals surface area contributed by atoms with Crippen molar-refractivity contribution in [1.29, 1.82) is 0 Å². The van der Waals surface area contributed by atoms with Gasteiger partial charge in [-0.05, 0) is 60.4 Å². The fraction of sp³-hybridized carbons (Fsp3) is 0.308. The number of nitrogens with one attached hydrogen (secondary N) is 2. The van der Waals surface area contributed by atoms with E-state index in [9.17, 15) is 4.79 Å². The molecule has 2 aliphatic rings. The van der Waals surface area contributed by atoms with Crippen molar-refractivity contribution in [3.8, 4) is 5.88 Å². The summed E-state index contributed by atoms with van der Waals surface area (Å²) in [5, 5.41) is 6.32. The highest BCUT2D eigenvalue weighted by atomic mass is 16.5. The van der Waals surface area contributed by atoms with Gasteiger partial charge in [0.15, 0.2) is 0 Å². The molecule has 4 N–H and O–H groups in total. The summed E-state index contributed by atoms with van der Waals surface area (Å²) in [5.74, 6) is 2.00. The number of fused-ring (bicyclic) bond motifs is 1. The van der Waals surface area contributed by atoms with E-state index in [1.807, 2.05) is 18.2 Å². The second-order valence-corrected chi connectivity index (χ2v) is 9.32. The highest BCUT2D eigenvalue weighted by molar-refractivity contribution is 5.94. The maximum absolute atomic E-state index is 12.8. The van der Waals surface area contributed by atoms with Crippen molar-refractivity contribution in [3.05, 3.63) is 71.8 Å². The Bertz CT molecular complexity index is 1410. The van der Waals surface area contributed by atoms with Crippen molar-refractivity contribution >= 4 is 28.9 Å². The first-order chi connectivity index (χ1) is 17.1. The fourth-order valence-electron chi connectivity index (χ4n) is 4.54. The minimum absolute atomic E-state index is 0.0548. The van der Waals surface area contributed by atoms with Gasteiger partial charge in [0.05, 0.1) is 19.3 Å². The molecule has 0 spiro atoms. The number of imidazole rings is 1. The van der Waals surface area contributed by atoms with Gasteiger partial charge in [-0.25, -0.2) is 9.97 Å². The van der Waals surface area contributed by atoms with Crippen LogP contribution in [-0.2, 0) is 11.3 Å². The van der Waals surface area contributed by atoms with E-state index in [2.05, 4.69) is 49.5 Å². The number of carbonyl (C=O) groups excluding carboxylic acids is 1. The zero-order valence-corrected chi connectivity index (χ0v) is 19.4. The summed E-state index contributed by atoms with van der Waals surface area (Å²) in [6.45, 7) is 0.577. The van der Waals surface area contributed by atoms with Gasteiger partial charge in [-0.2, -0.15) is 4.98 Å². The van der Waals surface area contributed by atoms with Crippen LogP contribution in [0.1, 0.15) is 47.9 Å². The summed E-state index contributed by atoms with van der Waals surface area (Å²) in [7, 11) is 1.55. The van der Waals surface area contributed by atoms with Crippen molar-refractivity contribution in [1.82, 2.24) is 19.4 Å². The number of nitrogens with zero attached hydrogens (tertiary/aromatic N) is 4. The molecule has 178 valence electrons. The van der Waals surface area contributed by atoms with Crippen LogP contribution in [0.2, 0.25) is 0 Å². The molecule has 9 nitrogen and oxygen atoms in total. The summed E-state index contributed by atoms with van der Waals surface area (Å²) in [6, 6.07) is 11.6. The molecule has 6 rings (SSSR count). The molecule has 1 amide bonds. The smallest absolute Gasteiger partial charge is 0.229 e. The lowest BCUT2D eigenvalue weighted by atomic mass is 10.1. The van der Waals surface area contributed by atoms with E-state index in [0.29, 0.717) is 30.0 Å². The fourth-order valence-corrected chi connectivity index (χ4v) is 4.54. The molecule has 2 aliphatic carbocycles. The van der Waals surface area contributed by atoms with Crippen molar-refractivity contribution in [3.63, 3.8) is 0 Å². The van der Waals surface area contributed by atoms with Gasteiger partial charge in [0.1, 0.15) is 17.3 Å². The zero-order valence-electron chi connectivity index (χ0n) is 19.4. The number of pyridine rings is 3. The Hall–Kier alpha value is -4.14. The standard InChI is InChI=1S/C26H27N7O2/c1-35-25-9-17(8-22(27)31-25)20-11-21(20)26(34)32-23-10-18(6-7-28-23)29-12-19-14-33-13-16(15-2-3-15)4-5-24(33)30-19/h4-10,13-15,20-21H,2-3,11-12H2,1H3,(H2,27,31)(H2,28,29,32,34)/t20-,21+/m1/s1. The largest absolute Gasteiger partial charge is 0.481 e. The first kappa shape index (κ1) is 21.4. The summed E-state index contributed by atoms with van der Waals surface area (Å²) in [4.78, 5) is 25.9. The molecule has 2 atom stereocenters. The molecular formula is C26H27N7O2. The van der Waals surface area contributed by atoms with Crippen LogP contribution in [-0.4, -0.2) is 32.4 Å². The third-order valence-corrected chi connectivity index (χ3v) is 6.67. The molecule has 9 heteroatoms. The second-order valence-electron chi connectivity index (χ2n) is 9.32. The first-order valence-electron chi connectivity index (χ1n) is 11.9. The molecule has 35 heavy (non-hydrogen) atoms. The first-order valence-corrected chi connectivity index (χ1v) is 11.9. The molecule has 4 aromatic heterocycles. The number of amides is 1. The molecule has 0 radical (unpaired) electrons. The number of rotatable bonds is 8. The summed E-state index contributed by atoms with van der Waals surface area (Å²) in [5.41, 5.74) is 11.0. The number of carbonyl (C=O) groups is 1. The lowest BCUT2D eigenvalue weighted by Crippen LogP contribution is -2.15. The third-order valence-electron chi connectivity index (χ3n) is 6.67. The number of aromatic nitrogens is 4. The highest BCUT2D eigenvalue weighted by Crippen LogP contribution is 2.48. The predicted octanol–water partition coefficient (Wildman–Crippen LogP) is 3.95. The van der Waals surface area contributed by atoms with Gasteiger partial charge in [-0.1, -0.05) is 6.07 Å². The number of methoxy groups -OCH3 is 1. The number of nitrogen functional groups attached to an aromatic ring is 1. The van der Waals surface area contributed by atoms with Gasteiger partial charge in [-0.15, -0.1) is 0 Å². The minimum Gasteiger partial charge on any atom is -0.481 e. The van der Waals surface area contributed by atoms with Crippen LogP contribution in [0.4, 0.5) is 17.3 Å². The van der Waals surface area contributed by atoms with Crippen LogP contribution >= 0.6 is 0 Å². The van der Waals surface area contributed by atoms with Gasteiger partial charge in [0.2, 0.25) is 11.8 Å². The Morgan fingerprint density at radius 1 is 1.14 bits per heavy atom. The van der Waals surface area contributed by atoms with Crippen LogP contribution in [0.25, 0.3) is 5.65 Å². The lowest BCUT2D eigenvalue weighted by Gasteiger charge is -2.08. The monoisotopic (exact) mass is 469 g/mol. The average Bonchev–Trinajstić information content (AvgIpc) is 3.78. The Balaban J connectivity index is 1.07. The molecule has 0 bridgehead atoms. The number of ether oxygens (including phenoxy) is 1. The van der Waals surface area contributed by atoms with Crippen LogP contribution in [0.3, 0.4) is 0 Å². The zero-order chi connectivity index (χ0) is 23.9. The summed E-state index contributed by atoms with van der Waals surface area (Å²) in [6.07, 6.45) is 9.25. The lowest BCUT2D eigenvalue weighted by molar-refractivity contribution is -0.117. The van der Waals surface area contributed by atoms with Crippen molar-refractivity contribution < 1.29 is 9.53 Å². The summed E-state index contributed by atoms with van der Waals surface area (Å²) < 4.78 is 7.29. The molecule has 4 aromatic rings. The maximum atomic E-state index is 12.8. The topological polar surface area (TPSA) is 119 Å². The van der Waals surface area contributed by atoms with Gasteiger partial charge in [0, 0.05) is 42.3 Å². The van der Waals surface area contributed by atoms with E-state index in [4.69, 9.17) is 15.5 Å². The van der Waals surface area contributed by atoms with Gasteiger partial charge in [-0.3, -0.25) is 4.79 Å². The maximum Gasteiger partial charge on any atom is 0.229 e. The second kappa shape index (κ2) is 8.57. The van der Waals surface area contributed by atoms with E-state index < -0.39 is 0 Å². The van der Waals surface area contributed by atoms with E-state index in [0.717, 1.165) is 29.0 Å². The minimum atomic E-state index is -0.126. The number of anilines is 3. The SMILES string of the molecule is COc1cc([C@H]2C[C@@H]2C(=O)Nc2cc(NCc3cn4cc(C5CC5)ccc4n3)ccn2)cc(N)n1. The van der Waals surface area contributed by atoms with E-state index in [-0.39, 0.29) is 17.7 Å². The van der Waals surface area contributed by atoms with Crippen LogP contribution in [0.15, 0.2) is 55.0 Å². The van der Waals surface area contributed by atoms with Gasteiger partial charge >= 0.3 is 0 Å². The van der Waals surface area contributed by atoms with Crippen LogP contribution < -0.4 is 21.1 Å². The van der Waals surface area contributed by atoms with E-state index in [1.54, 1.807) is 19.4 Å². The molecule has 0 unspecified atom stereocenters. The van der Waals surface area contributed by atoms with E-state index >= 15 is 0 Å². The molecular weight excluding hydrogens is 442 g/mol. The molecule has 0 saturated heterocycles. The molecule has 0 aliphatic heterocycles. The molecule has 2 fully saturated rings. The molecule has 0 aromatic carbocycles. The van der Waals surface area contributed by atoms with Crippen molar-refractivity contribution in [2.24, 2.45) is 5.92 Å². The molecule has 4 heterocycles. The number of nitrogens with two attached hydrogens (primary N) is 1. The average molecular weight is 470 g/mol. The highest BCUT2D eigenvalue weighted by Gasteiger charge is 2.44. The van der Waals surface area contributed by atoms with Crippen molar-refractivity contribution in [2.45, 2.75) is 37.6 Å². The normalized spacial score (nSPS) is 18.9. The van der Waals surface area contributed by atoms with E-state index in [1.165, 1.54) is 18.4 Å². The Kier molecular flexibility index (Phi) is 5.24. The predicted molar refractivity (Wildman–Crippen MR) is 133 cm³/mol. The van der Waals surface area contributed by atoms with Gasteiger partial charge in [0.25, 0.3) is 0 Å². The number of hydrogen-bond acceptors (Lipinski definition) is 7. The third kappa shape index (κ3) is 4.62. The Labute approximate surface area is 202 Å².